The predicted octanol–water partition coefficient (Wildman–Crippen LogP) is 4.08. The molecule has 0 bridgehead atoms. The number of thiocarbonyl (C=S) groups is 1. The first-order chi connectivity index (χ1) is 11.1. The van der Waals surface area contributed by atoms with Crippen LogP contribution in [0.3, 0.4) is 0 Å². The van der Waals surface area contributed by atoms with Crippen molar-refractivity contribution >= 4 is 23.0 Å². The topological polar surface area (TPSA) is 41.9 Å². The predicted molar refractivity (Wildman–Crippen MR) is 101 cm³/mol. The Balaban J connectivity index is 1.70. The van der Waals surface area contributed by atoms with E-state index >= 15 is 0 Å². The average molecular weight is 331 g/mol. The van der Waals surface area contributed by atoms with E-state index in [9.17, 15) is 0 Å². The zero-order valence-electron chi connectivity index (χ0n) is 14.2. The zero-order valence-corrected chi connectivity index (χ0v) is 15.0. The van der Waals surface area contributed by atoms with Crippen LogP contribution in [0, 0.1) is 6.92 Å². The zero-order chi connectivity index (χ0) is 16.7. The first-order valence-electron chi connectivity index (χ1n) is 8.22. The Morgan fingerprint density at radius 2 is 2.04 bits per heavy atom. The molecule has 0 aliphatic heterocycles. The third-order valence-electron chi connectivity index (χ3n) is 3.96. The number of nitrogens with zero attached hydrogens (tertiary/aromatic N) is 2. The summed E-state index contributed by atoms with van der Waals surface area (Å²) >= 11 is 5.33. The molecule has 2 rings (SSSR count). The van der Waals surface area contributed by atoms with Crippen molar-refractivity contribution in [2.24, 2.45) is 0 Å². The molecule has 1 atom stereocenters. The molecule has 4 nitrogen and oxygen atoms in total. The van der Waals surface area contributed by atoms with Crippen LogP contribution in [0.2, 0.25) is 0 Å². The Morgan fingerprint density at radius 1 is 1.30 bits per heavy atom. The monoisotopic (exact) mass is 330 g/mol. The molecule has 0 saturated carbocycles. The SMILES string of the molecule is CCC(C)c1ccc(NC(=S)NCCCn2cc(C)cn2)cc1. The second-order valence-corrected chi connectivity index (χ2v) is 6.35. The molecule has 1 aromatic carbocycles. The van der Waals surface area contributed by atoms with Gasteiger partial charge >= 0.3 is 0 Å². The molecule has 0 amide bonds. The van der Waals surface area contributed by atoms with Crippen molar-refractivity contribution < 1.29 is 0 Å². The summed E-state index contributed by atoms with van der Waals surface area (Å²) in [6, 6.07) is 8.50. The number of hydrogen-bond acceptors (Lipinski definition) is 2. The van der Waals surface area contributed by atoms with E-state index in [0.29, 0.717) is 11.0 Å². The number of benzene rings is 1. The Labute approximate surface area is 144 Å². The Kier molecular flexibility index (Phi) is 6.59. The Hall–Kier alpha value is -1.88. The van der Waals surface area contributed by atoms with Gasteiger partial charge in [0.2, 0.25) is 0 Å². The molecule has 0 fully saturated rings. The third kappa shape index (κ3) is 5.67. The first-order valence-corrected chi connectivity index (χ1v) is 8.63. The van der Waals surface area contributed by atoms with Crippen LogP contribution < -0.4 is 10.6 Å². The molecular formula is C18H26N4S. The van der Waals surface area contributed by atoms with Gasteiger partial charge in [0.1, 0.15) is 0 Å². The molecule has 2 N–H and O–H groups in total. The minimum absolute atomic E-state index is 0.597. The van der Waals surface area contributed by atoms with E-state index in [1.165, 1.54) is 11.1 Å². The van der Waals surface area contributed by atoms with Crippen LogP contribution in [0.5, 0.6) is 0 Å². The van der Waals surface area contributed by atoms with Crippen molar-refractivity contribution in [2.75, 3.05) is 11.9 Å². The molecule has 0 aliphatic rings. The second-order valence-electron chi connectivity index (χ2n) is 5.95. The summed E-state index contributed by atoms with van der Waals surface area (Å²) in [7, 11) is 0. The van der Waals surface area contributed by atoms with Crippen LogP contribution in [0.1, 0.15) is 43.7 Å². The number of anilines is 1. The highest BCUT2D eigenvalue weighted by molar-refractivity contribution is 7.80. The molecule has 0 spiro atoms. The van der Waals surface area contributed by atoms with E-state index in [1.807, 2.05) is 17.8 Å². The van der Waals surface area contributed by atoms with Crippen molar-refractivity contribution in [3.05, 3.63) is 47.8 Å². The summed E-state index contributed by atoms with van der Waals surface area (Å²) < 4.78 is 1.96. The van der Waals surface area contributed by atoms with E-state index in [-0.39, 0.29) is 0 Å². The van der Waals surface area contributed by atoms with Crippen LogP contribution in [0.25, 0.3) is 0 Å². The molecule has 1 unspecified atom stereocenters. The van der Waals surface area contributed by atoms with Gasteiger partial charge < -0.3 is 10.6 Å². The minimum Gasteiger partial charge on any atom is -0.362 e. The summed E-state index contributed by atoms with van der Waals surface area (Å²) in [5, 5.41) is 11.4. The maximum atomic E-state index is 5.33. The maximum Gasteiger partial charge on any atom is 0.170 e. The number of aryl methyl sites for hydroxylation is 2. The van der Waals surface area contributed by atoms with Gasteiger partial charge in [-0.2, -0.15) is 5.10 Å². The lowest BCUT2D eigenvalue weighted by atomic mass is 9.99. The Morgan fingerprint density at radius 3 is 2.65 bits per heavy atom. The molecule has 1 aromatic heterocycles. The maximum absolute atomic E-state index is 5.33. The highest BCUT2D eigenvalue weighted by atomic mass is 32.1. The molecule has 1 heterocycles. The smallest absolute Gasteiger partial charge is 0.170 e. The molecule has 2 aromatic rings. The fourth-order valence-electron chi connectivity index (χ4n) is 2.34. The van der Waals surface area contributed by atoms with Gasteiger partial charge in [-0.1, -0.05) is 26.0 Å². The van der Waals surface area contributed by atoms with Gasteiger partial charge in [-0.25, -0.2) is 0 Å². The summed E-state index contributed by atoms with van der Waals surface area (Å²) in [4.78, 5) is 0. The molecule has 0 radical (unpaired) electrons. The number of rotatable bonds is 7. The summed E-state index contributed by atoms with van der Waals surface area (Å²) in [6.07, 6.45) is 6.07. The largest absolute Gasteiger partial charge is 0.362 e. The quantitative estimate of drug-likeness (QED) is 0.593. The van der Waals surface area contributed by atoms with Crippen molar-refractivity contribution in [3.8, 4) is 0 Å². The van der Waals surface area contributed by atoms with Gasteiger partial charge in [0.05, 0.1) is 6.20 Å². The van der Waals surface area contributed by atoms with Gasteiger partial charge in [0.15, 0.2) is 5.11 Å². The lowest BCUT2D eigenvalue weighted by Gasteiger charge is -2.13. The summed E-state index contributed by atoms with van der Waals surface area (Å²) in [5.41, 5.74) is 3.58. The number of hydrogen-bond donors (Lipinski definition) is 2. The normalized spacial score (nSPS) is 12.0. The van der Waals surface area contributed by atoms with E-state index in [2.05, 4.69) is 60.0 Å². The summed E-state index contributed by atoms with van der Waals surface area (Å²) in [5.74, 6) is 0.597. The minimum atomic E-state index is 0.597. The lowest BCUT2D eigenvalue weighted by molar-refractivity contribution is 0.573. The fraction of sp³-hybridized carbons (Fsp3) is 0.444. The van der Waals surface area contributed by atoms with E-state index in [1.54, 1.807) is 0 Å². The molecular weight excluding hydrogens is 304 g/mol. The van der Waals surface area contributed by atoms with Crippen molar-refractivity contribution in [2.45, 2.75) is 46.1 Å². The lowest BCUT2D eigenvalue weighted by Crippen LogP contribution is -2.29. The highest BCUT2D eigenvalue weighted by Gasteiger charge is 2.03. The van der Waals surface area contributed by atoms with Crippen molar-refractivity contribution in [1.29, 1.82) is 0 Å². The molecule has 0 aliphatic carbocycles. The van der Waals surface area contributed by atoms with Crippen LogP contribution in [-0.2, 0) is 6.54 Å². The van der Waals surface area contributed by atoms with E-state index < -0.39 is 0 Å². The average Bonchev–Trinajstić information content (AvgIpc) is 2.97. The van der Waals surface area contributed by atoms with Gasteiger partial charge in [-0.3, -0.25) is 4.68 Å². The van der Waals surface area contributed by atoms with Gasteiger partial charge in [-0.15, -0.1) is 0 Å². The van der Waals surface area contributed by atoms with Crippen LogP contribution >= 0.6 is 12.2 Å². The van der Waals surface area contributed by atoms with Crippen molar-refractivity contribution in [3.63, 3.8) is 0 Å². The number of aromatic nitrogens is 2. The molecule has 23 heavy (non-hydrogen) atoms. The van der Waals surface area contributed by atoms with Gasteiger partial charge in [0, 0.05) is 25.0 Å². The van der Waals surface area contributed by atoms with Crippen molar-refractivity contribution in [1.82, 2.24) is 15.1 Å². The van der Waals surface area contributed by atoms with E-state index in [0.717, 1.165) is 31.6 Å². The molecule has 0 saturated heterocycles. The summed E-state index contributed by atoms with van der Waals surface area (Å²) in [6.45, 7) is 8.23. The second kappa shape index (κ2) is 8.67. The molecule has 5 heteroatoms. The van der Waals surface area contributed by atoms with Crippen LogP contribution in [-0.4, -0.2) is 21.4 Å². The third-order valence-corrected chi connectivity index (χ3v) is 4.21. The van der Waals surface area contributed by atoms with Gasteiger partial charge in [-0.05, 0) is 61.2 Å². The van der Waals surface area contributed by atoms with Crippen LogP contribution in [0.15, 0.2) is 36.7 Å². The Bertz CT molecular complexity index is 618. The van der Waals surface area contributed by atoms with Gasteiger partial charge in [0.25, 0.3) is 0 Å². The first kappa shape index (κ1) is 17.5. The highest BCUT2D eigenvalue weighted by Crippen LogP contribution is 2.20. The van der Waals surface area contributed by atoms with Crippen LogP contribution in [0.4, 0.5) is 5.69 Å². The van der Waals surface area contributed by atoms with E-state index in [4.69, 9.17) is 12.2 Å². The molecule has 124 valence electrons. The fourth-order valence-corrected chi connectivity index (χ4v) is 2.56. The standard InChI is InChI=1S/C18H26N4S/c1-4-15(3)16-6-8-17(9-7-16)21-18(23)19-10-5-11-22-13-14(2)12-20-22/h6-9,12-13,15H,4-5,10-11H2,1-3H3,(H2,19,21,23). The number of nitrogens with one attached hydrogen (secondary N) is 2.